The van der Waals surface area contributed by atoms with Crippen LogP contribution >= 0.6 is 0 Å². The predicted octanol–water partition coefficient (Wildman–Crippen LogP) is 5.20. The molecule has 3 aromatic carbocycles. The molecule has 1 aliphatic rings. The zero-order chi connectivity index (χ0) is 23.6. The van der Waals surface area contributed by atoms with Crippen LogP contribution in [0.4, 0.5) is 5.69 Å². The molecule has 1 aliphatic heterocycles. The molecule has 7 heteroatoms. The SMILES string of the molecule is COc1ccc(S(=O)(=O)N(Cc2ccc3c(c2)CCC(C)(C)O3)c2ccccc2)cc1OC. The number of hydrogen-bond acceptors (Lipinski definition) is 5. The summed E-state index contributed by atoms with van der Waals surface area (Å²) in [5.41, 5.74) is 2.39. The van der Waals surface area contributed by atoms with Crippen LogP contribution in [0.15, 0.2) is 71.6 Å². The molecule has 6 nitrogen and oxygen atoms in total. The van der Waals surface area contributed by atoms with Gasteiger partial charge in [-0.3, -0.25) is 4.31 Å². The number of benzene rings is 3. The zero-order valence-corrected chi connectivity index (χ0v) is 20.2. The standard InChI is InChI=1S/C26H29NO5S/c1-26(2)15-14-20-16-19(10-12-23(20)32-26)18-27(21-8-6-5-7-9-21)33(28,29)22-11-13-24(30-3)25(17-22)31-4/h5-13,16-17H,14-15,18H2,1-4H3. The Labute approximate surface area is 195 Å². The molecule has 0 aliphatic carbocycles. The lowest BCUT2D eigenvalue weighted by Crippen LogP contribution is -2.33. The van der Waals surface area contributed by atoms with Crippen molar-refractivity contribution >= 4 is 15.7 Å². The summed E-state index contributed by atoms with van der Waals surface area (Å²) >= 11 is 0. The normalized spacial score (nSPS) is 14.7. The van der Waals surface area contributed by atoms with Crippen molar-refractivity contribution in [3.63, 3.8) is 0 Å². The Morgan fingerprint density at radius 3 is 2.36 bits per heavy atom. The Kier molecular flexibility index (Phi) is 6.26. The van der Waals surface area contributed by atoms with Crippen molar-refractivity contribution < 1.29 is 22.6 Å². The summed E-state index contributed by atoms with van der Waals surface area (Å²) in [6, 6.07) is 19.7. The molecular weight excluding hydrogens is 438 g/mol. The maximum absolute atomic E-state index is 13.8. The van der Waals surface area contributed by atoms with Crippen LogP contribution in [0.25, 0.3) is 0 Å². The van der Waals surface area contributed by atoms with Crippen LogP contribution < -0.4 is 18.5 Å². The molecule has 0 bridgehead atoms. The van der Waals surface area contributed by atoms with Crippen LogP contribution in [-0.2, 0) is 23.0 Å². The minimum Gasteiger partial charge on any atom is -0.493 e. The first-order valence-electron chi connectivity index (χ1n) is 10.8. The molecule has 0 amide bonds. The highest BCUT2D eigenvalue weighted by Gasteiger charge is 2.29. The molecule has 33 heavy (non-hydrogen) atoms. The van der Waals surface area contributed by atoms with E-state index in [-0.39, 0.29) is 17.0 Å². The van der Waals surface area contributed by atoms with Crippen molar-refractivity contribution in [1.29, 1.82) is 0 Å². The first-order chi connectivity index (χ1) is 15.7. The van der Waals surface area contributed by atoms with Gasteiger partial charge < -0.3 is 14.2 Å². The van der Waals surface area contributed by atoms with Crippen LogP contribution in [0.5, 0.6) is 17.2 Å². The van der Waals surface area contributed by atoms with Crippen molar-refractivity contribution in [2.45, 2.75) is 43.7 Å². The average Bonchev–Trinajstić information content (AvgIpc) is 2.82. The molecule has 3 aromatic rings. The van der Waals surface area contributed by atoms with Gasteiger partial charge >= 0.3 is 0 Å². The molecule has 0 spiro atoms. The second-order valence-electron chi connectivity index (χ2n) is 8.67. The van der Waals surface area contributed by atoms with E-state index in [2.05, 4.69) is 13.8 Å². The molecule has 0 atom stereocenters. The molecule has 0 N–H and O–H groups in total. The topological polar surface area (TPSA) is 65.1 Å². The minimum absolute atomic E-state index is 0.132. The van der Waals surface area contributed by atoms with E-state index in [4.69, 9.17) is 14.2 Å². The van der Waals surface area contributed by atoms with E-state index in [1.807, 2.05) is 36.4 Å². The van der Waals surface area contributed by atoms with Gasteiger partial charge in [-0.15, -0.1) is 0 Å². The van der Waals surface area contributed by atoms with E-state index in [1.54, 1.807) is 18.2 Å². The van der Waals surface area contributed by atoms with E-state index in [1.165, 1.54) is 30.7 Å². The van der Waals surface area contributed by atoms with Crippen molar-refractivity contribution in [3.8, 4) is 17.2 Å². The maximum Gasteiger partial charge on any atom is 0.264 e. The van der Waals surface area contributed by atoms with E-state index >= 15 is 0 Å². The van der Waals surface area contributed by atoms with Gasteiger partial charge in [-0.2, -0.15) is 0 Å². The number of methoxy groups -OCH3 is 2. The summed E-state index contributed by atoms with van der Waals surface area (Å²) in [6.45, 7) is 4.35. The van der Waals surface area contributed by atoms with Gasteiger partial charge in [0.1, 0.15) is 11.4 Å². The lowest BCUT2D eigenvalue weighted by atomic mass is 9.93. The first-order valence-corrected chi connectivity index (χ1v) is 12.3. The zero-order valence-electron chi connectivity index (χ0n) is 19.4. The summed E-state index contributed by atoms with van der Waals surface area (Å²) in [6.07, 6.45) is 1.81. The number of aryl methyl sites for hydroxylation is 1. The monoisotopic (exact) mass is 467 g/mol. The Hall–Kier alpha value is -3.19. The molecule has 0 unspecified atom stereocenters. The number of rotatable bonds is 7. The summed E-state index contributed by atoms with van der Waals surface area (Å²) in [5.74, 6) is 1.70. The van der Waals surface area contributed by atoms with Crippen molar-refractivity contribution in [1.82, 2.24) is 0 Å². The van der Waals surface area contributed by atoms with E-state index in [9.17, 15) is 8.42 Å². The number of para-hydroxylation sites is 1. The molecule has 0 radical (unpaired) electrons. The number of ether oxygens (including phenoxy) is 3. The van der Waals surface area contributed by atoms with Crippen LogP contribution in [0, 0.1) is 0 Å². The van der Waals surface area contributed by atoms with Gasteiger partial charge in [0.25, 0.3) is 10.0 Å². The maximum atomic E-state index is 13.8. The smallest absolute Gasteiger partial charge is 0.264 e. The van der Waals surface area contributed by atoms with E-state index in [0.717, 1.165) is 29.7 Å². The lowest BCUT2D eigenvalue weighted by Gasteiger charge is -2.33. The number of nitrogens with zero attached hydrogens (tertiary/aromatic N) is 1. The third-order valence-corrected chi connectivity index (χ3v) is 7.59. The number of anilines is 1. The second-order valence-corrected chi connectivity index (χ2v) is 10.5. The van der Waals surface area contributed by atoms with Crippen LogP contribution in [0.3, 0.4) is 0 Å². The van der Waals surface area contributed by atoms with E-state index < -0.39 is 10.0 Å². The second kappa shape index (κ2) is 8.98. The fraction of sp³-hybridized carbons (Fsp3) is 0.308. The fourth-order valence-electron chi connectivity index (χ4n) is 3.99. The highest BCUT2D eigenvalue weighted by atomic mass is 32.2. The van der Waals surface area contributed by atoms with Crippen LogP contribution in [0.1, 0.15) is 31.4 Å². The van der Waals surface area contributed by atoms with Crippen molar-refractivity contribution in [2.24, 2.45) is 0 Å². The Morgan fingerprint density at radius 2 is 1.67 bits per heavy atom. The summed E-state index contributed by atoms with van der Waals surface area (Å²) in [7, 11) is -0.880. The number of fused-ring (bicyclic) bond motifs is 1. The minimum atomic E-state index is -3.88. The molecule has 1 heterocycles. The summed E-state index contributed by atoms with van der Waals surface area (Å²) < 4.78 is 45.7. The van der Waals surface area contributed by atoms with Gasteiger partial charge in [0.2, 0.25) is 0 Å². The summed E-state index contributed by atoms with van der Waals surface area (Å²) in [4.78, 5) is 0.132. The Balaban J connectivity index is 1.73. The molecule has 174 valence electrons. The van der Waals surface area contributed by atoms with Gasteiger partial charge in [0.15, 0.2) is 11.5 Å². The average molecular weight is 468 g/mol. The van der Waals surface area contributed by atoms with Gasteiger partial charge in [-0.25, -0.2) is 8.42 Å². The van der Waals surface area contributed by atoms with Crippen molar-refractivity contribution in [3.05, 3.63) is 77.9 Å². The third kappa shape index (κ3) is 4.78. The van der Waals surface area contributed by atoms with Crippen LogP contribution in [-0.4, -0.2) is 28.2 Å². The van der Waals surface area contributed by atoms with Crippen molar-refractivity contribution in [2.75, 3.05) is 18.5 Å². The lowest BCUT2D eigenvalue weighted by molar-refractivity contribution is 0.0846. The van der Waals surface area contributed by atoms with Gasteiger partial charge in [-0.05, 0) is 68.1 Å². The van der Waals surface area contributed by atoms with E-state index in [0.29, 0.717) is 17.2 Å². The predicted molar refractivity (Wildman–Crippen MR) is 129 cm³/mol. The highest BCUT2D eigenvalue weighted by Crippen LogP contribution is 2.36. The molecule has 0 saturated heterocycles. The Morgan fingerprint density at radius 1 is 0.939 bits per heavy atom. The number of hydrogen-bond donors (Lipinski definition) is 0. The highest BCUT2D eigenvalue weighted by molar-refractivity contribution is 7.92. The quantitative estimate of drug-likeness (QED) is 0.478. The molecule has 4 rings (SSSR count). The largest absolute Gasteiger partial charge is 0.493 e. The van der Waals surface area contributed by atoms with Crippen LogP contribution in [0.2, 0.25) is 0 Å². The fourth-order valence-corrected chi connectivity index (χ4v) is 5.46. The van der Waals surface area contributed by atoms with Gasteiger partial charge in [0.05, 0.1) is 31.3 Å². The first kappa shape index (κ1) is 23.0. The molecule has 0 aromatic heterocycles. The summed E-state index contributed by atoms with van der Waals surface area (Å²) in [5, 5.41) is 0. The number of sulfonamides is 1. The third-order valence-electron chi connectivity index (χ3n) is 5.82. The molecular formula is C26H29NO5S. The Bertz CT molecular complexity index is 1240. The van der Waals surface area contributed by atoms with Gasteiger partial charge in [0, 0.05) is 6.07 Å². The molecule has 0 fully saturated rings. The van der Waals surface area contributed by atoms with Gasteiger partial charge in [-0.1, -0.05) is 30.3 Å². The molecule has 0 saturated carbocycles.